The second-order valence-electron chi connectivity index (χ2n) is 2.96. The summed E-state index contributed by atoms with van der Waals surface area (Å²) in [6.07, 6.45) is 0.382. The Morgan fingerprint density at radius 3 is 2.87 bits per heavy atom. The van der Waals surface area contributed by atoms with Gasteiger partial charge < -0.3 is 9.47 Å². The van der Waals surface area contributed by atoms with Crippen LogP contribution in [0, 0.1) is 0 Å². The van der Waals surface area contributed by atoms with Gasteiger partial charge in [-0.3, -0.25) is 5.01 Å². The van der Waals surface area contributed by atoms with Crippen molar-refractivity contribution in [2.75, 3.05) is 13.7 Å². The highest BCUT2D eigenvalue weighted by atomic mass is 16.7. The number of hydrazine groups is 1. The van der Waals surface area contributed by atoms with Crippen LogP contribution < -0.4 is 0 Å². The molecule has 1 rings (SSSR count). The topological polar surface area (TPSA) is 54.4 Å². The Morgan fingerprint density at radius 2 is 2.40 bits per heavy atom. The van der Waals surface area contributed by atoms with E-state index in [2.05, 4.69) is 16.3 Å². The number of aliphatic imine (C=N–C) groups is 1. The summed E-state index contributed by atoms with van der Waals surface area (Å²) in [5.41, 5.74) is 0. The third-order valence-corrected chi connectivity index (χ3v) is 1.95. The molecule has 15 heavy (non-hydrogen) atoms. The van der Waals surface area contributed by atoms with E-state index in [1.54, 1.807) is 37.3 Å². The molecule has 1 aliphatic heterocycles. The Balaban J connectivity index is 2.47. The van der Waals surface area contributed by atoms with Gasteiger partial charge in [-0.25, -0.2) is 14.8 Å². The molecule has 0 saturated carbocycles. The number of carbonyl (C=O) groups excluding carboxylic acids is 1. The van der Waals surface area contributed by atoms with Crippen LogP contribution in [0.4, 0.5) is 4.79 Å². The number of rotatable bonds is 3. The third-order valence-electron chi connectivity index (χ3n) is 1.95. The van der Waals surface area contributed by atoms with E-state index in [0.717, 1.165) is 0 Å². The minimum absolute atomic E-state index is 0.294. The predicted molar refractivity (Wildman–Crippen MR) is 54.8 cm³/mol. The van der Waals surface area contributed by atoms with Gasteiger partial charge in [0.25, 0.3) is 0 Å². The zero-order valence-electron chi connectivity index (χ0n) is 9.14. The van der Waals surface area contributed by atoms with E-state index in [-0.39, 0.29) is 0 Å². The predicted octanol–water partition coefficient (Wildman–Crippen LogP) is 1.17. The van der Waals surface area contributed by atoms with Gasteiger partial charge in [0.05, 0.1) is 6.61 Å². The van der Waals surface area contributed by atoms with Crippen LogP contribution in [0.1, 0.15) is 13.8 Å². The lowest BCUT2D eigenvalue weighted by Gasteiger charge is -2.29. The van der Waals surface area contributed by atoms with E-state index in [0.29, 0.717) is 12.4 Å². The van der Waals surface area contributed by atoms with Crippen LogP contribution >= 0.6 is 0 Å². The van der Waals surface area contributed by atoms with Crippen molar-refractivity contribution in [3.63, 3.8) is 0 Å². The van der Waals surface area contributed by atoms with Crippen LogP contribution in [0.3, 0.4) is 0 Å². The molecule has 0 radical (unpaired) electrons. The Bertz CT molecular complexity index is 290. The molecule has 6 heteroatoms. The van der Waals surface area contributed by atoms with Crippen molar-refractivity contribution in [3.05, 3.63) is 12.4 Å². The molecule has 0 fully saturated rings. The smallest absolute Gasteiger partial charge is 0.435 e. The third kappa shape index (κ3) is 2.61. The number of ether oxygens (including phenoxy) is 2. The monoisotopic (exact) mass is 213 g/mol. The summed E-state index contributed by atoms with van der Waals surface area (Å²) < 4.78 is 9.65. The number of carbonyl (C=O) groups is 1. The molecule has 0 saturated heterocycles. The molecule has 0 amide bonds. The van der Waals surface area contributed by atoms with Crippen molar-refractivity contribution in [2.45, 2.75) is 20.1 Å². The number of hydrogen-bond donors (Lipinski definition) is 0. The summed E-state index contributed by atoms with van der Waals surface area (Å²) in [6, 6.07) is 0. The van der Waals surface area contributed by atoms with Gasteiger partial charge in [-0.2, -0.15) is 0 Å². The van der Waals surface area contributed by atoms with Crippen LogP contribution in [0.25, 0.3) is 0 Å². The maximum Gasteiger partial charge on any atom is 0.510 e. The fraction of sp³-hybridized carbons (Fsp3) is 0.556. The van der Waals surface area contributed by atoms with Crippen molar-refractivity contribution in [3.8, 4) is 0 Å². The molecule has 0 bridgehead atoms. The van der Waals surface area contributed by atoms with E-state index in [9.17, 15) is 4.79 Å². The molecule has 6 nitrogen and oxygen atoms in total. The lowest BCUT2D eigenvalue weighted by molar-refractivity contribution is -0.0631. The lowest BCUT2D eigenvalue weighted by Crippen LogP contribution is -2.42. The Morgan fingerprint density at radius 1 is 1.73 bits per heavy atom. The summed E-state index contributed by atoms with van der Waals surface area (Å²) in [4.78, 5) is 15.0. The van der Waals surface area contributed by atoms with Crippen LogP contribution in [-0.2, 0) is 9.47 Å². The van der Waals surface area contributed by atoms with Crippen molar-refractivity contribution < 1.29 is 14.3 Å². The van der Waals surface area contributed by atoms with E-state index in [4.69, 9.17) is 4.74 Å². The first-order chi connectivity index (χ1) is 7.06. The highest BCUT2D eigenvalue weighted by Crippen LogP contribution is 2.14. The highest BCUT2D eigenvalue weighted by molar-refractivity contribution is 5.62. The van der Waals surface area contributed by atoms with E-state index in [1.165, 1.54) is 0 Å². The molecule has 1 heterocycles. The van der Waals surface area contributed by atoms with Gasteiger partial charge >= 0.3 is 6.16 Å². The quantitative estimate of drug-likeness (QED) is 0.658. The largest absolute Gasteiger partial charge is 0.510 e. The minimum Gasteiger partial charge on any atom is -0.435 e. The van der Waals surface area contributed by atoms with Gasteiger partial charge in [0.1, 0.15) is 12.2 Å². The first-order valence-electron chi connectivity index (χ1n) is 4.64. The zero-order chi connectivity index (χ0) is 11.4. The number of hydrogen-bond acceptors (Lipinski definition) is 6. The molecule has 0 aromatic rings. The van der Waals surface area contributed by atoms with E-state index in [1.807, 2.05) is 0 Å². The van der Waals surface area contributed by atoms with Crippen molar-refractivity contribution in [2.24, 2.45) is 4.99 Å². The van der Waals surface area contributed by atoms with Crippen molar-refractivity contribution in [1.29, 1.82) is 0 Å². The summed E-state index contributed by atoms with van der Waals surface area (Å²) >= 11 is 0. The normalized spacial score (nSPS) is 16.9. The molecule has 0 aromatic heterocycles. The molecule has 0 spiro atoms. The maximum absolute atomic E-state index is 11.0. The summed E-state index contributed by atoms with van der Waals surface area (Å²) in [5, 5.41) is 3.32. The molecule has 0 aliphatic carbocycles. The SMILES string of the molecule is C=C1N=CN(C(C)OC(=O)OCC)N1C. The van der Waals surface area contributed by atoms with Crippen molar-refractivity contribution in [1.82, 2.24) is 10.0 Å². The Labute approximate surface area is 88.7 Å². The van der Waals surface area contributed by atoms with Gasteiger partial charge in [-0.1, -0.05) is 6.58 Å². The molecule has 1 unspecified atom stereocenters. The fourth-order valence-electron chi connectivity index (χ4n) is 1.10. The summed E-state index contributed by atoms with van der Waals surface area (Å²) in [7, 11) is 1.78. The van der Waals surface area contributed by atoms with Crippen LogP contribution in [-0.4, -0.2) is 42.4 Å². The van der Waals surface area contributed by atoms with E-state index >= 15 is 0 Å². The van der Waals surface area contributed by atoms with Crippen molar-refractivity contribution >= 4 is 12.5 Å². The molecule has 1 atom stereocenters. The lowest BCUT2D eigenvalue weighted by atomic mass is 10.6. The molecule has 0 aromatic carbocycles. The van der Waals surface area contributed by atoms with Gasteiger partial charge in [0.15, 0.2) is 6.23 Å². The standard InChI is InChI=1S/C9H15N3O3/c1-5-14-9(13)15-8(3)12-6-10-7(2)11(12)4/h6,8H,2,5H2,1,3-4H3. The second kappa shape index (κ2) is 4.68. The first-order valence-corrected chi connectivity index (χ1v) is 4.64. The zero-order valence-corrected chi connectivity index (χ0v) is 9.14. The van der Waals surface area contributed by atoms with Gasteiger partial charge in [-0.05, 0) is 13.8 Å². The number of nitrogens with zero attached hydrogens (tertiary/aromatic N) is 3. The van der Waals surface area contributed by atoms with Crippen LogP contribution in [0.2, 0.25) is 0 Å². The molecular formula is C9H15N3O3. The average Bonchev–Trinajstić information content (AvgIpc) is 2.48. The van der Waals surface area contributed by atoms with Crippen LogP contribution in [0.5, 0.6) is 0 Å². The van der Waals surface area contributed by atoms with E-state index < -0.39 is 12.4 Å². The molecular weight excluding hydrogens is 198 g/mol. The molecule has 0 N–H and O–H groups in total. The second-order valence-corrected chi connectivity index (χ2v) is 2.96. The van der Waals surface area contributed by atoms with Gasteiger partial charge in [0.2, 0.25) is 0 Å². The minimum atomic E-state index is -0.690. The maximum atomic E-state index is 11.0. The summed E-state index contributed by atoms with van der Waals surface area (Å²) in [6.45, 7) is 7.43. The van der Waals surface area contributed by atoms with Gasteiger partial charge in [0, 0.05) is 7.05 Å². The Kier molecular flexibility index (Phi) is 3.54. The fourth-order valence-corrected chi connectivity index (χ4v) is 1.10. The van der Waals surface area contributed by atoms with Gasteiger partial charge in [-0.15, -0.1) is 0 Å². The highest BCUT2D eigenvalue weighted by Gasteiger charge is 2.24. The molecule has 1 aliphatic rings. The average molecular weight is 213 g/mol. The van der Waals surface area contributed by atoms with Crippen LogP contribution in [0.15, 0.2) is 17.4 Å². The first kappa shape index (κ1) is 11.4. The Hall–Kier alpha value is -1.72. The summed E-state index contributed by atoms with van der Waals surface area (Å²) in [5.74, 6) is 0.592. The molecule has 84 valence electrons.